The SMILES string of the molecule is O=C(NC(CO)C(=O)NC1CC2CCC1C2)c1ccccc1Nc1cccc(C(F)(F)F)c1. The number of para-hydroxylation sites is 1. The second-order valence-corrected chi connectivity index (χ2v) is 8.75. The summed E-state index contributed by atoms with van der Waals surface area (Å²) in [5.41, 5.74) is -0.231. The molecule has 2 aliphatic rings. The zero-order valence-electron chi connectivity index (χ0n) is 17.9. The van der Waals surface area contributed by atoms with Crippen LogP contribution in [0.15, 0.2) is 48.5 Å². The summed E-state index contributed by atoms with van der Waals surface area (Å²) in [6.07, 6.45) is -0.190. The molecule has 0 aromatic heterocycles. The largest absolute Gasteiger partial charge is 0.416 e. The van der Waals surface area contributed by atoms with Crippen LogP contribution in [0.1, 0.15) is 41.6 Å². The van der Waals surface area contributed by atoms with Crippen molar-refractivity contribution in [1.82, 2.24) is 10.6 Å². The molecule has 2 amide bonds. The van der Waals surface area contributed by atoms with Crippen LogP contribution in [0.4, 0.5) is 24.5 Å². The van der Waals surface area contributed by atoms with Gasteiger partial charge in [-0.05, 0) is 61.4 Å². The lowest BCUT2D eigenvalue weighted by Crippen LogP contribution is -2.52. The van der Waals surface area contributed by atoms with E-state index in [1.807, 2.05) is 0 Å². The summed E-state index contributed by atoms with van der Waals surface area (Å²) >= 11 is 0. The number of amides is 2. The lowest BCUT2D eigenvalue weighted by atomic mass is 9.95. The van der Waals surface area contributed by atoms with Crippen molar-refractivity contribution in [3.63, 3.8) is 0 Å². The molecule has 2 saturated carbocycles. The third-order valence-corrected chi connectivity index (χ3v) is 6.51. The first-order chi connectivity index (χ1) is 15.7. The third-order valence-electron chi connectivity index (χ3n) is 6.51. The van der Waals surface area contributed by atoms with Crippen molar-refractivity contribution in [1.29, 1.82) is 0 Å². The van der Waals surface area contributed by atoms with E-state index in [1.165, 1.54) is 24.6 Å². The topological polar surface area (TPSA) is 90.5 Å². The number of hydrogen-bond donors (Lipinski definition) is 4. The van der Waals surface area contributed by atoms with Crippen molar-refractivity contribution in [2.24, 2.45) is 11.8 Å². The fraction of sp³-hybridized carbons (Fsp3) is 0.417. The minimum Gasteiger partial charge on any atom is -0.394 e. The molecular formula is C24H26F3N3O3. The van der Waals surface area contributed by atoms with Gasteiger partial charge in [0.05, 0.1) is 23.4 Å². The highest BCUT2D eigenvalue weighted by molar-refractivity contribution is 6.02. The highest BCUT2D eigenvalue weighted by Gasteiger charge is 2.40. The van der Waals surface area contributed by atoms with Crippen molar-refractivity contribution >= 4 is 23.2 Å². The second-order valence-electron chi connectivity index (χ2n) is 8.75. The summed E-state index contributed by atoms with van der Waals surface area (Å²) in [4.78, 5) is 25.6. The molecule has 0 spiro atoms. The number of hydrogen-bond acceptors (Lipinski definition) is 4. The zero-order chi connectivity index (χ0) is 23.6. The molecule has 2 aromatic rings. The number of alkyl halides is 3. The number of fused-ring (bicyclic) bond motifs is 2. The van der Waals surface area contributed by atoms with Crippen LogP contribution in [0.5, 0.6) is 0 Å². The first kappa shape index (κ1) is 23.1. The minimum atomic E-state index is -4.49. The van der Waals surface area contributed by atoms with Crippen LogP contribution in [-0.4, -0.2) is 35.6 Å². The average molecular weight is 461 g/mol. The number of nitrogens with one attached hydrogen (secondary N) is 3. The van der Waals surface area contributed by atoms with Crippen LogP contribution in [0.2, 0.25) is 0 Å². The number of aliphatic hydroxyl groups excluding tert-OH is 1. The highest BCUT2D eigenvalue weighted by Crippen LogP contribution is 2.44. The van der Waals surface area contributed by atoms with Crippen LogP contribution in [0.25, 0.3) is 0 Å². The molecule has 176 valence electrons. The Balaban J connectivity index is 1.44. The highest BCUT2D eigenvalue weighted by atomic mass is 19.4. The lowest BCUT2D eigenvalue weighted by molar-refractivity contribution is -0.137. The number of rotatable bonds is 7. The molecule has 33 heavy (non-hydrogen) atoms. The van der Waals surface area contributed by atoms with Gasteiger partial charge >= 0.3 is 6.18 Å². The first-order valence-corrected chi connectivity index (χ1v) is 11.0. The number of benzene rings is 2. The molecule has 2 fully saturated rings. The van der Waals surface area contributed by atoms with Gasteiger partial charge in [-0.1, -0.05) is 24.6 Å². The monoisotopic (exact) mass is 461 g/mol. The van der Waals surface area contributed by atoms with Gasteiger partial charge in [0.1, 0.15) is 6.04 Å². The van der Waals surface area contributed by atoms with E-state index in [4.69, 9.17) is 0 Å². The van der Waals surface area contributed by atoms with E-state index >= 15 is 0 Å². The zero-order valence-corrected chi connectivity index (χ0v) is 17.9. The van der Waals surface area contributed by atoms with E-state index in [0.29, 0.717) is 11.8 Å². The van der Waals surface area contributed by atoms with Gasteiger partial charge in [-0.3, -0.25) is 9.59 Å². The summed E-state index contributed by atoms with van der Waals surface area (Å²) in [5, 5.41) is 18.0. The molecule has 9 heteroatoms. The third kappa shape index (κ3) is 5.30. The van der Waals surface area contributed by atoms with E-state index in [1.54, 1.807) is 18.2 Å². The van der Waals surface area contributed by atoms with Crippen molar-refractivity contribution in [2.45, 2.75) is 43.9 Å². The van der Waals surface area contributed by atoms with E-state index in [0.717, 1.165) is 31.4 Å². The Kier molecular flexibility index (Phi) is 6.60. The summed E-state index contributed by atoms with van der Waals surface area (Å²) < 4.78 is 39.0. The van der Waals surface area contributed by atoms with E-state index < -0.39 is 36.2 Å². The maximum absolute atomic E-state index is 13.0. The van der Waals surface area contributed by atoms with Crippen LogP contribution >= 0.6 is 0 Å². The molecule has 4 rings (SSSR count). The summed E-state index contributed by atoms with van der Waals surface area (Å²) in [5.74, 6) is 0.0292. The maximum atomic E-state index is 13.0. The molecule has 4 unspecified atom stereocenters. The molecule has 2 aliphatic carbocycles. The Labute approximate surface area is 189 Å². The standard InChI is InChI=1S/C24H26F3N3O3/c25-24(26,27)16-4-3-5-17(12-16)28-19-7-2-1-6-18(19)22(32)30-21(13-31)23(33)29-20-11-14-8-9-15(20)10-14/h1-7,12,14-15,20-21,28,31H,8-11,13H2,(H,29,33)(H,30,32). The fourth-order valence-electron chi connectivity index (χ4n) is 4.85. The molecule has 6 nitrogen and oxygen atoms in total. The Morgan fingerprint density at radius 1 is 1.06 bits per heavy atom. The molecule has 0 radical (unpaired) electrons. The lowest BCUT2D eigenvalue weighted by Gasteiger charge is -2.25. The van der Waals surface area contributed by atoms with Crippen molar-refractivity contribution in [3.8, 4) is 0 Å². The Morgan fingerprint density at radius 3 is 2.52 bits per heavy atom. The Bertz CT molecular complexity index is 1030. The molecule has 0 heterocycles. The van der Waals surface area contributed by atoms with E-state index in [2.05, 4.69) is 16.0 Å². The van der Waals surface area contributed by atoms with Gasteiger partial charge < -0.3 is 21.1 Å². The average Bonchev–Trinajstić information content (AvgIpc) is 3.40. The molecule has 0 saturated heterocycles. The molecule has 4 atom stereocenters. The number of aliphatic hydroxyl groups is 1. The van der Waals surface area contributed by atoms with Gasteiger partial charge in [-0.2, -0.15) is 13.2 Å². The van der Waals surface area contributed by atoms with Crippen molar-refractivity contribution in [2.75, 3.05) is 11.9 Å². The fourth-order valence-corrected chi connectivity index (χ4v) is 4.85. The van der Waals surface area contributed by atoms with Crippen LogP contribution in [-0.2, 0) is 11.0 Å². The van der Waals surface area contributed by atoms with E-state index in [-0.39, 0.29) is 23.0 Å². The maximum Gasteiger partial charge on any atom is 0.416 e. The minimum absolute atomic E-state index is 0.0667. The summed E-state index contributed by atoms with van der Waals surface area (Å²) in [6, 6.07) is 9.88. The van der Waals surface area contributed by atoms with E-state index in [9.17, 15) is 27.9 Å². The second kappa shape index (κ2) is 9.43. The van der Waals surface area contributed by atoms with Crippen molar-refractivity contribution < 1.29 is 27.9 Å². The summed E-state index contributed by atoms with van der Waals surface area (Å²) in [6.45, 7) is -0.568. The Morgan fingerprint density at radius 2 is 1.85 bits per heavy atom. The van der Waals surface area contributed by atoms with Crippen LogP contribution in [0, 0.1) is 11.8 Å². The number of carbonyl (C=O) groups is 2. The van der Waals surface area contributed by atoms with Gasteiger partial charge in [0, 0.05) is 11.7 Å². The smallest absolute Gasteiger partial charge is 0.394 e. The van der Waals surface area contributed by atoms with Gasteiger partial charge in [-0.25, -0.2) is 0 Å². The normalized spacial score (nSPS) is 22.6. The number of anilines is 2. The van der Waals surface area contributed by atoms with Gasteiger partial charge in [0.2, 0.25) is 5.91 Å². The van der Waals surface area contributed by atoms with Crippen LogP contribution in [0.3, 0.4) is 0 Å². The molecular weight excluding hydrogens is 435 g/mol. The predicted octanol–water partition coefficient (Wildman–Crippen LogP) is 3.84. The van der Waals surface area contributed by atoms with Gasteiger partial charge in [0.15, 0.2) is 0 Å². The first-order valence-electron chi connectivity index (χ1n) is 11.0. The number of halogens is 3. The molecule has 4 N–H and O–H groups in total. The molecule has 0 aliphatic heterocycles. The number of carbonyl (C=O) groups excluding carboxylic acids is 2. The quantitative estimate of drug-likeness (QED) is 0.504. The van der Waals surface area contributed by atoms with Crippen LogP contribution < -0.4 is 16.0 Å². The summed E-state index contributed by atoms with van der Waals surface area (Å²) in [7, 11) is 0. The van der Waals surface area contributed by atoms with Crippen molar-refractivity contribution in [3.05, 3.63) is 59.7 Å². The molecule has 2 bridgehead atoms. The van der Waals surface area contributed by atoms with Gasteiger partial charge in [0.25, 0.3) is 5.91 Å². The molecule has 2 aromatic carbocycles. The Hall–Kier alpha value is -3.07. The van der Waals surface area contributed by atoms with Gasteiger partial charge in [-0.15, -0.1) is 0 Å². The predicted molar refractivity (Wildman–Crippen MR) is 117 cm³/mol.